The van der Waals surface area contributed by atoms with Crippen LogP contribution in [0.2, 0.25) is 5.02 Å². The van der Waals surface area contributed by atoms with Crippen LogP contribution in [0.15, 0.2) is 58.3 Å². The summed E-state index contributed by atoms with van der Waals surface area (Å²) in [7, 11) is 0. The maximum atomic E-state index is 11.8. The number of carbonyl (C=O) groups excluding carboxylic acids is 1. The van der Waals surface area contributed by atoms with E-state index in [-0.39, 0.29) is 5.91 Å². The number of thiophene rings is 1. The number of furan rings is 1. The average molecular weight is 318 g/mol. The Hall–Kier alpha value is -2.04. The van der Waals surface area contributed by atoms with Crippen LogP contribution in [0.4, 0.5) is 0 Å². The molecule has 0 bridgehead atoms. The first-order chi connectivity index (χ1) is 10.2. The lowest BCUT2D eigenvalue weighted by atomic mass is 10.2. The molecule has 3 rings (SSSR count). The van der Waals surface area contributed by atoms with E-state index in [0.717, 1.165) is 11.3 Å². The van der Waals surface area contributed by atoms with Gasteiger partial charge in [0.1, 0.15) is 11.5 Å². The van der Waals surface area contributed by atoms with Gasteiger partial charge in [-0.15, -0.1) is 11.3 Å². The number of halogens is 1. The molecule has 0 saturated heterocycles. The van der Waals surface area contributed by atoms with E-state index in [1.54, 1.807) is 6.07 Å². The first-order valence-electron chi connectivity index (χ1n) is 6.39. The maximum Gasteiger partial charge on any atom is 0.261 e. The zero-order chi connectivity index (χ0) is 14.7. The minimum atomic E-state index is -0.0885. The molecule has 2 aromatic heterocycles. The molecule has 1 amide bonds. The van der Waals surface area contributed by atoms with Crippen LogP contribution in [0.1, 0.15) is 15.4 Å². The predicted molar refractivity (Wildman–Crippen MR) is 84.6 cm³/mol. The summed E-state index contributed by atoms with van der Waals surface area (Å²) in [4.78, 5) is 12.5. The lowest BCUT2D eigenvalue weighted by molar-refractivity contribution is 0.0952. The predicted octanol–water partition coefficient (Wildman–Crippen LogP) is 4.59. The molecule has 0 aliphatic carbocycles. The van der Waals surface area contributed by atoms with Crippen molar-refractivity contribution in [2.24, 2.45) is 0 Å². The largest absolute Gasteiger partial charge is 0.459 e. The zero-order valence-electron chi connectivity index (χ0n) is 11.0. The van der Waals surface area contributed by atoms with Gasteiger partial charge in [0.15, 0.2) is 0 Å². The Balaban J connectivity index is 1.65. The summed E-state index contributed by atoms with van der Waals surface area (Å²) in [6.45, 7) is 0.365. The monoisotopic (exact) mass is 317 g/mol. The lowest BCUT2D eigenvalue weighted by Crippen LogP contribution is -2.21. The number of hydrogen-bond donors (Lipinski definition) is 1. The van der Waals surface area contributed by atoms with E-state index in [4.69, 9.17) is 16.0 Å². The van der Waals surface area contributed by atoms with Crippen LogP contribution >= 0.6 is 22.9 Å². The Morgan fingerprint density at radius 3 is 2.67 bits per heavy atom. The molecule has 0 saturated carbocycles. The highest BCUT2D eigenvalue weighted by Gasteiger charge is 2.08. The van der Waals surface area contributed by atoms with Gasteiger partial charge < -0.3 is 9.73 Å². The van der Waals surface area contributed by atoms with Crippen molar-refractivity contribution in [3.8, 4) is 11.3 Å². The summed E-state index contributed by atoms with van der Waals surface area (Å²) < 4.78 is 5.72. The first kappa shape index (κ1) is 13.9. The fourth-order valence-corrected chi connectivity index (χ4v) is 2.67. The van der Waals surface area contributed by atoms with Crippen LogP contribution in [0, 0.1) is 0 Å². The fourth-order valence-electron chi connectivity index (χ4n) is 1.90. The van der Waals surface area contributed by atoms with Gasteiger partial charge in [-0.05, 0) is 47.8 Å². The molecule has 5 heteroatoms. The van der Waals surface area contributed by atoms with Crippen molar-refractivity contribution in [3.05, 3.63) is 69.6 Å². The molecule has 0 radical (unpaired) electrons. The second kappa shape index (κ2) is 6.16. The number of nitrogens with one attached hydrogen (secondary N) is 1. The summed E-state index contributed by atoms with van der Waals surface area (Å²) in [5.41, 5.74) is 0.954. The first-order valence-corrected chi connectivity index (χ1v) is 7.64. The summed E-state index contributed by atoms with van der Waals surface area (Å²) >= 11 is 7.28. The Kier molecular flexibility index (Phi) is 4.08. The molecular weight excluding hydrogens is 306 g/mol. The normalized spacial score (nSPS) is 10.5. The van der Waals surface area contributed by atoms with Crippen molar-refractivity contribution in [3.63, 3.8) is 0 Å². The Bertz CT molecular complexity index is 732. The molecule has 0 unspecified atom stereocenters. The molecule has 1 aromatic carbocycles. The topological polar surface area (TPSA) is 42.2 Å². The third kappa shape index (κ3) is 3.35. The number of carbonyl (C=O) groups is 1. The highest BCUT2D eigenvalue weighted by Crippen LogP contribution is 2.23. The number of rotatable bonds is 4. The second-order valence-corrected chi connectivity index (χ2v) is 5.82. The Morgan fingerprint density at radius 2 is 1.95 bits per heavy atom. The van der Waals surface area contributed by atoms with Crippen LogP contribution in [-0.2, 0) is 6.54 Å². The van der Waals surface area contributed by atoms with Crippen molar-refractivity contribution >= 4 is 28.8 Å². The molecule has 3 aromatic rings. The molecule has 21 heavy (non-hydrogen) atoms. The minimum absolute atomic E-state index is 0.0885. The van der Waals surface area contributed by atoms with Gasteiger partial charge in [-0.1, -0.05) is 17.7 Å². The number of benzene rings is 1. The van der Waals surface area contributed by atoms with Crippen molar-refractivity contribution < 1.29 is 9.21 Å². The van der Waals surface area contributed by atoms with Crippen LogP contribution < -0.4 is 5.32 Å². The van der Waals surface area contributed by atoms with Crippen LogP contribution in [-0.4, -0.2) is 5.91 Å². The van der Waals surface area contributed by atoms with Crippen molar-refractivity contribution in [2.75, 3.05) is 0 Å². The molecule has 3 nitrogen and oxygen atoms in total. The summed E-state index contributed by atoms with van der Waals surface area (Å²) in [5.74, 6) is 1.38. The molecule has 0 aliphatic heterocycles. The van der Waals surface area contributed by atoms with Gasteiger partial charge in [-0.25, -0.2) is 0 Å². The van der Waals surface area contributed by atoms with Gasteiger partial charge in [0, 0.05) is 10.6 Å². The molecule has 0 spiro atoms. The third-order valence-corrected chi connectivity index (χ3v) is 4.08. The molecule has 1 N–H and O–H groups in total. The second-order valence-electron chi connectivity index (χ2n) is 4.43. The van der Waals surface area contributed by atoms with Crippen LogP contribution in [0.5, 0.6) is 0 Å². The number of amides is 1. The third-order valence-electron chi connectivity index (χ3n) is 2.96. The standard InChI is InChI=1S/C16H12ClNO2S/c17-12-5-3-11(4-6-12)14-8-7-13(20-14)10-18-16(19)15-2-1-9-21-15/h1-9H,10H2,(H,18,19). The molecular formula is C16H12ClNO2S. The molecule has 0 atom stereocenters. The quantitative estimate of drug-likeness (QED) is 0.764. The van der Waals surface area contributed by atoms with Gasteiger partial charge in [-0.2, -0.15) is 0 Å². The lowest BCUT2D eigenvalue weighted by Gasteiger charge is -2.01. The number of hydrogen-bond acceptors (Lipinski definition) is 3. The van der Waals surface area contributed by atoms with E-state index < -0.39 is 0 Å². The van der Waals surface area contributed by atoms with E-state index in [1.807, 2.05) is 47.8 Å². The highest BCUT2D eigenvalue weighted by molar-refractivity contribution is 7.12. The van der Waals surface area contributed by atoms with E-state index in [0.29, 0.717) is 22.2 Å². The molecule has 106 valence electrons. The van der Waals surface area contributed by atoms with Crippen molar-refractivity contribution in [1.82, 2.24) is 5.32 Å². The van der Waals surface area contributed by atoms with Gasteiger partial charge in [0.05, 0.1) is 11.4 Å². The van der Waals surface area contributed by atoms with Crippen LogP contribution in [0.3, 0.4) is 0 Å². The molecule has 0 fully saturated rings. The van der Waals surface area contributed by atoms with E-state index in [9.17, 15) is 4.79 Å². The fraction of sp³-hybridized carbons (Fsp3) is 0.0625. The average Bonchev–Trinajstić information content (AvgIpc) is 3.17. The van der Waals surface area contributed by atoms with E-state index in [2.05, 4.69) is 5.32 Å². The highest BCUT2D eigenvalue weighted by atomic mass is 35.5. The van der Waals surface area contributed by atoms with Crippen molar-refractivity contribution in [1.29, 1.82) is 0 Å². The van der Waals surface area contributed by atoms with Crippen LogP contribution in [0.25, 0.3) is 11.3 Å². The molecule has 0 aliphatic rings. The minimum Gasteiger partial charge on any atom is -0.459 e. The maximum absolute atomic E-state index is 11.8. The SMILES string of the molecule is O=C(NCc1ccc(-c2ccc(Cl)cc2)o1)c1cccs1. The van der Waals surface area contributed by atoms with E-state index >= 15 is 0 Å². The van der Waals surface area contributed by atoms with Gasteiger partial charge >= 0.3 is 0 Å². The summed E-state index contributed by atoms with van der Waals surface area (Å²) in [5, 5.41) is 5.40. The summed E-state index contributed by atoms with van der Waals surface area (Å²) in [6, 6.07) is 14.8. The summed E-state index contributed by atoms with van der Waals surface area (Å²) in [6.07, 6.45) is 0. The van der Waals surface area contributed by atoms with Gasteiger partial charge in [0.25, 0.3) is 5.91 Å². The van der Waals surface area contributed by atoms with Gasteiger partial charge in [0.2, 0.25) is 0 Å². The molecule has 2 heterocycles. The smallest absolute Gasteiger partial charge is 0.261 e. The van der Waals surface area contributed by atoms with Crippen molar-refractivity contribution in [2.45, 2.75) is 6.54 Å². The Morgan fingerprint density at radius 1 is 1.14 bits per heavy atom. The zero-order valence-corrected chi connectivity index (χ0v) is 12.6. The van der Waals surface area contributed by atoms with Gasteiger partial charge in [-0.3, -0.25) is 4.79 Å². The van der Waals surface area contributed by atoms with E-state index in [1.165, 1.54) is 11.3 Å². The Labute approximate surface area is 131 Å².